The lowest BCUT2D eigenvalue weighted by molar-refractivity contribution is -0.154. The minimum Gasteiger partial charge on any atom is -0.461 e. The van der Waals surface area contributed by atoms with E-state index in [-0.39, 0.29) is 18.9 Å². The number of rotatable bonds is 5. The number of hydrogen-bond donors (Lipinski definition) is 2. The highest BCUT2D eigenvalue weighted by atomic mass is 32.2. The van der Waals surface area contributed by atoms with Gasteiger partial charge in [0, 0.05) is 24.3 Å². The molecule has 1 heterocycles. The van der Waals surface area contributed by atoms with E-state index in [4.69, 9.17) is 9.47 Å². The van der Waals surface area contributed by atoms with Gasteiger partial charge in [0.05, 0.1) is 18.6 Å². The monoisotopic (exact) mass is 294 g/mol. The molecule has 1 N–H and O–H groups in total. The third kappa shape index (κ3) is 5.23. The van der Waals surface area contributed by atoms with E-state index >= 15 is 0 Å². The molecule has 2 unspecified atom stereocenters. The SMILES string of the molecule is CC(=O)NCC(=O)OC1CCOC(S)(SN=O)C1. The number of carbonyl (C=O) groups is 2. The van der Waals surface area contributed by atoms with Crippen molar-refractivity contribution in [2.75, 3.05) is 13.2 Å². The normalized spacial score (nSPS) is 27.3. The fraction of sp³-hybridized carbons (Fsp3) is 0.778. The van der Waals surface area contributed by atoms with Crippen LogP contribution in [0.2, 0.25) is 0 Å². The molecule has 9 heteroatoms. The number of nitroso groups, excluding NO2 is 1. The Labute approximate surface area is 114 Å². The van der Waals surface area contributed by atoms with Crippen molar-refractivity contribution >= 4 is 36.5 Å². The molecule has 1 aliphatic rings. The molecule has 1 saturated heterocycles. The van der Waals surface area contributed by atoms with Gasteiger partial charge in [-0.05, 0) is 0 Å². The van der Waals surface area contributed by atoms with Gasteiger partial charge in [-0.3, -0.25) is 9.59 Å². The van der Waals surface area contributed by atoms with Crippen molar-refractivity contribution in [3.05, 3.63) is 4.91 Å². The minimum absolute atomic E-state index is 0.175. The molecule has 1 fully saturated rings. The molecule has 0 saturated carbocycles. The molecular weight excluding hydrogens is 280 g/mol. The maximum Gasteiger partial charge on any atom is 0.325 e. The molecule has 102 valence electrons. The van der Waals surface area contributed by atoms with Gasteiger partial charge in [-0.1, -0.05) is 0 Å². The molecule has 0 aromatic carbocycles. The Hall–Kier alpha value is -0.800. The first-order valence-electron chi connectivity index (χ1n) is 5.26. The Morgan fingerprint density at radius 1 is 1.67 bits per heavy atom. The second-order valence-corrected chi connectivity index (χ2v) is 5.76. The van der Waals surface area contributed by atoms with Crippen molar-refractivity contribution in [3.63, 3.8) is 0 Å². The van der Waals surface area contributed by atoms with Crippen LogP contribution in [0.25, 0.3) is 0 Å². The van der Waals surface area contributed by atoms with Gasteiger partial charge >= 0.3 is 5.97 Å². The van der Waals surface area contributed by atoms with Crippen LogP contribution >= 0.6 is 24.6 Å². The maximum absolute atomic E-state index is 11.4. The summed E-state index contributed by atoms with van der Waals surface area (Å²) in [5.74, 6) is -0.833. The Morgan fingerprint density at radius 3 is 3.00 bits per heavy atom. The predicted molar refractivity (Wildman–Crippen MR) is 68.9 cm³/mol. The van der Waals surface area contributed by atoms with Gasteiger partial charge in [-0.25, -0.2) is 0 Å². The Bertz CT molecular complexity index is 341. The van der Waals surface area contributed by atoms with Crippen molar-refractivity contribution in [2.45, 2.75) is 30.1 Å². The van der Waals surface area contributed by atoms with Crippen LogP contribution in [-0.4, -0.2) is 35.4 Å². The van der Waals surface area contributed by atoms with E-state index in [9.17, 15) is 14.5 Å². The number of hydrogen-bond acceptors (Lipinski definition) is 8. The zero-order valence-corrected chi connectivity index (χ0v) is 11.5. The quantitative estimate of drug-likeness (QED) is 0.257. The lowest BCUT2D eigenvalue weighted by atomic mass is 10.1. The number of nitrogens with zero attached hydrogens (tertiary/aromatic N) is 1. The average Bonchev–Trinajstić information content (AvgIpc) is 2.26. The molecule has 0 aromatic heterocycles. The number of carbonyl (C=O) groups excluding carboxylic acids is 2. The molecule has 2 atom stereocenters. The van der Waals surface area contributed by atoms with E-state index in [0.29, 0.717) is 25.0 Å². The van der Waals surface area contributed by atoms with Gasteiger partial charge in [0.1, 0.15) is 12.6 Å². The highest BCUT2D eigenvalue weighted by molar-refractivity contribution is 8.10. The standard InChI is InChI=1S/C9H14N2O5S2/c1-6(12)10-5-8(13)16-7-2-3-15-9(17,4-7)18-11-14/h7,17H,2-5H2,1H3,(H,10,12). The van der Waals surface area contributed by atoms with Gasteiger partial charge in [0.25, 0.3) is 0 Å². The summed E-state index contributed by atoms with van der Waals surface area (Å²) in [6.45, 7) is 1.46. The van der Waals surface area contributed by atoms with Gasteiger partial charge in [0.2, 0.25) is 5.91 Å². The fourth-order valence-electron chi connectivity index (χ4n) is 1.45. The summed E-state index contributed by atoms with van der Waals surface area (Å²) >= 11 is 4.84. The molecule has 1 amide bonds. The number of amides is 1. The molecule has 0 radical (unpaired) electrons. The number of ether oxygens (including phenoxy) is 2. The van der Waals surface area contributed by atoms with Crippen LogP contribution in [0.3, 0.4) is 0 Å². The topological polar surface area (TPSA) is 94.1 Å². The third-order valence-corrected chi connectivity index (χ3v) is 3.41. The van der Waals surface area contributed by atoms with Crippen LogP contribution in [0, 0.1) is 4.91 Å². The molecular formula is C9H14N2O5S2. The molecule has 0 bridgehead atoms. The zero-order valence-electron chi connectivity index (χ0n) is 9.75. The first-order valence-corrected chi connectivity index (χ1v) is 6.48. The molecule has 1 aliphatic heterocycles. The lowest BCUT2D eigenvalue weighted by Crippen LogP contribution is -2.38. The van der Waals surface area contributed by atoms with Gasteiger partial charge in [0.15, 0.2) is 4.27 Å². The Balaban J connectivity index is 2.40. The van der Waals surface area contributed by atoms with Crippen molar-refractivity contribution in [1.29, 1.82) is 0 Å². The summed E-state index contributed by atoms with van der Waals surface area (Å²) in [4.78, 5) is 32.2. The van der Waals surface area contributed by atoms with E-state index < -0.39 is 16.3 Å². The van der Waals surface area contributed by atoms with Crippen molar-refractivity contribution in [3.8, 4) is 0 Å². The highest BCUT2D eigenvalue weighted by Crippen LogP contribution is 2.40. The van der Waals surface area contributed by atoms with Gasteiger partial charge in [-0.15, -0.1) is 17.5 Å². The van der Waals surface area contributed by atoms with Crippen LogP contribution in [0.1, 0.15) is 19.8 Å². The predicted octanol–water partition coefficient (Wildman–Crippen LogP) is 0.843. The molecule has 1 rings (SSSR count). The van der Waals surface area contributed by atoms with Crippen LogP contribution in [-0.2, 0) is 19.1 Å². The summed E-state index contributed by atoms with van der Waals surface area (Å²) in [6.07, 6.45) is 0.387. The molecule has 0 aliphatic carbocycles. The van der Waals surface area contributed by atoms with E-state index in [1.54, 1.807) is 0 Å². The van der Waals surface area contributed by atoms with E-state index in [2.05, 4.69) is 22.5 Å². The lowest BCUT2D eigenvalue weighted by Gasteiger charge is -2.33. The summed E-state index contributed by atoms with van der Waals surface area (Å²) < 4.78 is 12.0. The minimum atomic E-state index is -1.06. The van der Waals surface area contributed by atoms with E-state index in [1.165, 1.54) is 6.92 Å². The average molecular weight is 294 g/mol. The van der Waals surface area contributed by atoms with Gasteiger partial charge < -0.3 is 14.8 Å². The van der Waals surface area contributed by atoms with E-state index in [0.717, 1.165) is 0 Å². The number of nitrogens with one attached hydrogen (secondary N) is 1. The number of esters is 1. The summed E-state index contributed by atoms with van der Waals surface area (Å²) in [6, 6.07) is 0. The molecule has 7 nitrogen and oxygen atoms in total. The fourth-order valence-corrected chi connectivity index (χ4v) is 2.35. The van der Waals surface area contributed by atoms with Gasteiger partial charge in [-0.2, -0.15) is 0 Å². The summed E-state index contributed by atoms with van der Waals surface area (Å²) in [7, 11) is 0. The van der Waals surface area contributed by atoms with E-state index in [1.807, 2.05) is 0 Å². The number of thiol groups is 1. The van der Waals surface area contributed by atoms with Crippen molar-refractivity contribution in [2.24, 2.45) is 4.58 Å². The molecule has 18 heavy (non-hydrogen) atoms. The van der Waals surface area contributed by atoms with Crippen molar-refractivity contribution < 1.29 is 19.1 Å². The molecule has 0 aromatic rings. The molecule has 0 spiro atoms. The zero-order chi connectivity index (χ0) is 13.6. The Kier molecular flexibility index (Phi) is 5.89. The van der Waals surface area contributed by atoms with Crippen LogP contribution in [0.4, 0.5) is 0 Å². The van der Waals surface area contributed by atoms with Crippen LogP contribution in [0.15, 0.2) is 4.58 Å². The van der Waals surface area contributed by atoms with Crippen LogP contribution in [0.5, 0.6) is 0 Å². The van der Waals surface area contributed by atoms with Crippen molar-refractivity contribution in [1.82, 2.24) is 5.32 Å². The maximum atomic E-state index is 11.4. The smallest absolute Gasteiger partial charge is 0.325 e. The van der Waals surface area contributed by atoms with Crippen LogP contribution < -0.4 is 5.32 Å². The highest BCUT2D eigenvalue weighted by Gasteiger charge is 2.37. The second kappa shape index (κ2) is 6.95. The summed E-state index contributed by atoms with van der Waals surface area (Å²) in [5.41, 5.74) is 0. The second-order valence-electron chi connectivity index (χ2n) is 3.74. The first kappa shape index (κ1) is 15.3. The summed E-state index contributed by atoms with van der Waals surface area (Å²) in [5, 5.41) is 2.34. The Morgan fingerprint density at radius 2 is 2.39 bits per heavy atom. The largest absolute Gasteiger partial charge is 0.461 e. The first-order chi connectivity index (χ1) is 8.45. The third-order valence-electron chi connectivity index (χ3n) is 2.21.